The molecule has 0 fully saturated rings. The summed E-state index contributed by atoms with van der Waals surface area (Å²) in [7, 11) is 3.02. The van der Waals surface area contributed by atoms with Gasteiger partial charge in [0.1, 0.15) is 5.75 Å². The van der Waals surface area contributed by atoms with E-state index in [9.17, 15) is 4.79 Å². The highest BCUT2D eigenvalue weighted by Crippen LogP contribution is 2.32. The second-order valence-corrected chi connectivity index (χ2v) is 4.63. The Bertz CT molecular complexity index is 657. The smallest absolute Gasteiger partial charge is 0.330 e. The maximum absolute atomic E-state index is 11.4. The second-order valence-electron chi connectivity index (χ2n) is 4.63. The Kier molecular flexibility index (Phi) is 4.77. The lowest BCUT2D eigenvalue weighted by Gasteiger charge is -2.11. The van der Waals surface area contributed by atoms with Crippen molar-refractivity contribution in [2.24, 2.45) is 0 Å². The van der Waals surface area contributed by atoms with Gasteiger partial charge in [-0.25, -0.2) is 4.79 Å². The van der Waals surface area contributed by atoms with Gasteiger partial charge in [-0.15, -0.1) is 0 Å². The largest absolute Gasteiger partial charge is 0.496 e. The van der Waals surface area contributed by atoms with Crippen molar-refractivity contribution in [3.05, 3.63) is 60.2 Å². The minimum absolute atomic E-state index is 0.357. The molecule has 2 rings (SSSR count). The lowest BCUT2D eigenvalue weighted by atomic mass is 9.98. The monoisotopic (exact) mass is 282 g/mol. The van der Waals surface area contributed by atoms with E-state index in [0.29, 0.717) is 0 Å². The molecule has 2 aromatic carbocycles. The first kappa shape index (κ1) is 14.9. The molecule has 108 valence electrons. The Labute approximate surface area is 124 Å². The summed E-state index contributed by atoms with van der Waals surface area (Å²) >= 11 is 0. The van der Waals surface area contributed by atoms with Crippen molar-refractivity contribution in [2.45, 2.75) is 6.92 Å². The molecule has 0 aromatic heterocycles. The third kappa shape index (κ3) is 3.51. The van der Waals surface area contributed by atoms with Crippen molar-refractivity contribution in [3.8, 4) is 16.9 Å². The van der Waals surface area contributed by atoms with Crippen LogP contribution in [-0.4, -0.2) is 20.2 Å². The van der Waals surface area contributed by atoms with Gasteiger partial charge in [0.15, 0.2) is 0 Å². The number of carbonyl (C=O) groups excluding carboxylic acids is 1. The van der Waals surface area contributed by atoms with Gasteiger partial charge in [0, 0.05) is 11.6 Å². The Morgan fingerprint density at radius 1 is 1.05 bits per heavy atom. The molecule has 0 aliphatic rings. The van der Waals surface area contributed by atoms with Crippen LogP contribution in [0.4, 0.5) is 0 Å². The Balaban J connectivity index is 2.48. The number of hydrogen-bond donors (Lipinski definition) is 0. The Morgan fingerprint density at radius 2 is 1.76 bits per heavy atom. The highest BCUT2D eigenvalue weighted by molar-refractivity contribution is 5.91. The molecular weight excluding hydrogens is 264 g/mol. The second kappa shape index (κ2) is 6.75. The number of rotatable bonds is 4. The highest BCUT2D eigenvalue weighted by Gasteiger charge is 2.08. The lowest BCUT2D eigenvalue weighted by molar-refractivity contribution is -0.134. The fourth-order valence-corrected chi connectivity index (χ4v) is 2.12. The van der Waals surface area contributed by atoms with Gasteiger partial charge in [-0.1, -0.05) is 36.4 Å². The minimum atomic E-state index is -0.357. The molecule has 0 amide bonds. The van der Waals surface area contributed by atoms with Crippen LogP contribution >= 0.6 is 0 Å². The van der Waals surface area contributed by atoms with Gasteiger partial charge >= 0.3 is 5.97 Å². The van der Waals surface area contributed by atoms with Gasteiger partial charge in [0.05, 0.1) is 14.2 Å². The van der Waals surface area contributed by atoms with E-state index >= 15 is 0 Å². The number of allylic oxidation sites excluding steroid dienone is 1. The predicted octanol–water partition coefficient (Wildman–Crippen LogP) is 3.94. The average Bonchev–Trinajstić information content (AvgIpc) is 2.54. The van der Waals surface area contributed by atoms with Crippen LogP contribution < -0.4 is 4.74 Å². The van der Waals surface area contributed by atoms with Gasteiger partial charge < -0.3 is 9.47 Å². The number of hydrogen-bond acceptors (Lipinski definition) is 3. The van der Waals surface area contributed by atoms with E-state index in [1.807, 2.05) is 55.5 Å². The standard InChI is InChI=1S/C18H18O3/c1-13(11-18(19)21-3)15-9-10-17(20-2)16(12-15)14-7-5-4-6-8-14/h4-12H,1-3H3/b13-11+. The minimum Gasteiger partial charge on any atom is -0.496 e. The Morgan fingerprint density at radius 3 is 2.38 bits per heavy atom. The zero-order valence-electron chi connectivity index (χ0n) is 12.4. The molecule has 2 aromatic rings. The third-order valence-electron chi connectivity index (χ3n) is 3.28. The van der Waals surface area contributed by atoms with Gasteiger partial charge in [-0.2, -0.15) is 0 Å². The maximum Gasteiger partial charge on any atom is 0.330 e. The predicted molar refractivity (Wildman–Crippen MR) is 84.1 cm³/mol. The first-order valence-corrected chi connectivity index (χ1v) is 6.65. The zero-order valence-corrected chi connectivity index (χ0v) is 12.4. The molecule has 0 N–H and O–H groups in total. The van der Waals surface area contributed by atoms with Crippen LogP contribution in [0.2, 0.25) is 0 Å². The van der Waals surface area contributed by atoms with E-state index in [4.69, 9.17) is 4.74 Å². The van der Waals surface area contributed by atoms with Crippen molar-refractivity contribution in [1.29, 1.82) is 0 Å². The SMILES string of the molecule is COC(=O)/C=C(\C)c1ccc(OC)c(-c2ccccc2)c1. The fraction of sp³-hybridized carbons (Fsp3) is 0.167. The van der Waals surface area contributed by atoms with Gasteiger partial charge in [-0.3, -0.25) is 0 Å². The summed E-state index contributed by atoms with van der Waals surface area (Å²) < 4.78 is 10.1. The molecule has 0 aliphatic carbocycles. The number of methoxy groups -OCH3 is 2. The van der Waals surface area contributed by atoms with E-state index in [0.717, 1.165) is 28.0 Å². The summed E-state index contributed by atoms with van der Waals surface area (Å²) in [6, 6.07) is 15.9. The molecule has 0 bridgehead atoms. The molecule has 0 saturated heterocycles. The zero-order chi connectivity index (χ0) is 15.2. The van der Waals surface area contributed by atoms with E-state index < -0.39 is 0 Å². The van der Waals surface area contributed by atoms with Crippen LogP contribution in [0.3, 0.4) is 0 Å². The average molecular weight is 282 g/mol. The third-order valence-corrected chi connectivity index (χ3v) is 3.28. The van der Waals surface area contributed by atoms with Crippen molar-refractivity contribution >= 4 is 11.5 Å². The van der Waals surface area contributed by atoms with E-state index in [1.54, 1.807) is 7.11 Å². The summed E-state index contributed by atoms with van der Waals surface area (Å²) in [6.45, 7) is 1.88. The van der Waals surface area contributed by atoms with Crippen LogP contribution in [0.25, 0.3) is 16.7 Å². The first-order chi connectivity index (χ1) is 10.2. The summed E-state index contributed by atoms with van der Waals surface area (Å²) in [6.07, 6.45) is 1.48. The molecule has 0 heterocycles. The molecule has 3 heteroatoms. The molecule has 3 nitrogen and oxygen atoms in total. The quantitative estimate of drug-likeness (QED) is 0.629. The van der Waals surface area contributed by atoms with Gasteiger partial charge in [0.2, 0.25) is 0 Å². The summed E-state index contributed by atoms with van der Waals surface area (Å²) in [5.41, 5.74) is 3.87. The van der Waals surface area contributed by atoms with Crippen molar-refractivity contribution in [3.63, 3.8) is 0 Å². The van der Waals surface area contributed by atoms with Gasteiger partial charge in [-0.05, 0) is 35.8 Å². The molecule has 0 atom stereocenters. The van der Waals surface area contributed by atoms with Crippen molar-refractivity contribution in [2.75, 3.05) is 14.2 Å². The summed E-state index contributed by atoms with van der Waals surface area (Å²) in [5, 5.41) is 0. The molecule has 21 heavy (non-hydrogen) atoms. The number of esters is 1. The van der Waals surface area contributed by atoms with Crippen LogP contribution in [0.15, 0.2) is 54.6 Å². The Hall–Kier alpha value is -2.55. The van der Waals surface area contributed by atoms with Crippen LogP contribution in [0.1, 0.15) is 12.5 Å². The first-order valence-electron chi connectivity index (χ1n) is 6.65. The van der Waals surface area contributed by atoms with Crippen LogP contribution in [-0.2, 0) is 9.53 Å². The number of ether oxygens (including phenoxy) is 2. The highest BCUT2D eigenvalue weighted by atomic mass is 16.5. The lowest BCUT2D eigenvalue weighted by Crippen LogP contribution is -1.96. The molecule has 0 radical (unpaired) electrons. The molecule has 0 spiro atoms. The maximum atomic E-state index is 11.4. The van der Waals surface area contributed by atoms with Crippen LogP contribution in [0, 0.1) is 0 Å². The molecule has 0 aliphatic heterocycles. The topological polar surface area (TPSA) is 35.5 Å². The number of benzene rings is 2. The van der Waals surface area contributed by atoms with Crippen LogP contribution in [0.5, 0.6) is 5.75 Å². The van der Waals surface area contributed by atoms with E-state index in [1.165, 1.54) is 13.2 Å². The summed E-state index contributed by atoms with van der Waals surface area (Å²) in [4.78, 5) is 11.4. The van der Waals surface area contributed by atoms with Gasteiger partial charge in [0.25, 0.3) is 0 Å². The molecule has 0 saturated carbocycles. The van der Waals surface area contributed by atoms with E-state index in [-0.39, 0.29) is 5.97 Å². The van der Waals surface area contributed by atoms with Crippen molar-refractivity contribution < 1.29 is 14.3 Å². The molecular formula is C18H18O3. The number of carbonyl (C=O) groups is 1. The normalized spacial score (nSPS) is 11.1. The van der Waals surface area contributed by atoms with E-state index in [2.05, 4.69) is 4.74 Å². The summed E-state index contributed by atoms with van der Waals surface area (Å²) in [5.74, 6) is 0.445. The fourth-order valence-electron chi connectivity index (χ4n) is 2.12. The molecule has 0 unspecified atom stereocenters. The van der Waals surface area contributed by atoms with Crippen molar-refractivity contribution in [1.82, 2.24) is 0 Å².